The van der Waals surface area contributed by atoms with Gasteiger partial charge in [0.15, 0.2) is 0 Å². The van der Waals surface area contributed by atoms with Crippen LogP contribution in [0.25, 0.3) is 0 Å². The molecule has 0 aromatic carbocycles. The summed E-state index contributed by atoms with van der Waals surface area (Å²) < 4.78 is 3.82. The molecule has 0 saturated heterocycles. The smallest absolute Gasteiger partial charge is 0.295 e. The molecule has 2 N–H and O–H groups in total. The molecule has 7 heavy (non-hydrogen) atoms. The van der Waals surface area contributed by atoms with Gasteiger partial charge in [-0.15, -0.1) is 0 Å². The Hall–Kier alpha value is -0.610. The van der Waals surface area contributed by atoms with E-state index < -0.39 is 12.9 Å². The van der Waals surface area contributed by atoms with Crippen molar-refractivity contribution in [2.45, 2.75) is 6.29 Å². The quantitative estimate of drug-likeness (QED) is 0.338. The molecule has 0 heterocycles. The van der Waals surface area contributed by atoms with E-state index in [-0.39, 0.29) is 6.47 Å². The minimum absolute atomic E-state index is 0.0703. The zero-order chi connectivity index (χ0) is 5.70. The highest BCUT2D eigenvalue weighted by Crippen LogP contribution is 1.76. The maximum absolute atomic E-state index is 9.28. The van der Waals surface area contributed by atoms with Gasteiger partial charge in [-0.05, 0) is 0 Å². The van der Waals surface area contributed by atoms with Crippen molar-refractivity contribution in [2.24, 2.45) is 0 Å². The van der Waals surface area contributed by atoms with E-state index >= 15 is 0 Å². The first-order chi connectivity index (χ1) is 3.31. The third kappa shape index (κ3) is 3.21. The average molecular weight is 106 g/mol. The Morgan fingerprint density at radius 1 is 1.86 bits per heavy atom. The number of hydrogen-bond acceptors (Lipinski definition) is 4. The van der Waals surface area contributed by atoms with Crippen LogP contribution in [-0.2, 0) is 9.53 Å². The molecule has 0 bridgehead atoms. The third-order valence-corrected chi connectivity index (χ3v) is 0.369. The van der Waals surface area contributed by atoms with Crippen molar-refractivity contribution in [3.8, 4) is 0 Å². The number of ether oxygens (including phenoxy) is 1. The van der Waals surface area contributed by atoms with E-state index in [1.807, 2.05) is 0 Å². The van der Waals surface area contributed by atoms with Crippen molar-refractivity contribution in [2.75, 3.05) is 6.61 Å². The summed E-state index contributed by atoms with van der Waals surface area (Å²) in [4.78, 5) is 9.28. The lowest BCUT2D eigenvalue weighted by molar-refractivity contribution is -0.157. The molecule has 1 atom stereocenters. The van der Waals surface area contributed by atoms with Crippen LogP contribution in [0.2, 0.25) is 0 Å². The molecule has 0 aromatic heterocycles. The van der Waals surface area contributed by atoms with Gasteiger partial charge in [-0.2, -0.15) is 0 Å². The summed E-state index contributed by atoms with van der Waals surface area (Å²) in [6.07, 6.45) is -1.36. The van der Waals surface area contributed by atoms with Gasteiger partial charge in [0.25, 0.3) is 6.47 Å². The predicted octanol–water partition coefficient (Wildman–Crippen LogP) is -1.53. The van der Waals surface area contributed by atoms with Crippen LogP contribution < -0.4 is 0 Å². The normalized spacial score (nSPS) is 12.9. The van der Waals surface area contributed by atoms with Gasteiger partial charge >= 0.3 is 0 Å². The molecule has 0 rings (SSSR count). The molecule has 0 radical (unpaired) electrons. The van der Waals surface area contributed by atoms with Gasteiger partial charge in [0, 0.05) is 0 Å². The van der Waals surface area contributed by atoms with Crippen molar-refractivity contribution in [1.29, 1.82) is 0 Å². The van der Waals surface area contributed by atoms with Crippen LogP contribution in [0.1, 0.15) is 0 Å². The van der Waals surface area contributed by atoms with Gasteiger partial charge in [-0.1, -0.05) is 0 Å². The first-order valence-electron chi connectivity index (χ1n) is 1.69. The standard InChI is InChI=1S/C3H6O4/c4-1-3(6)7-2-5/h2-4,6H,1H2. The van der Waals surface area contributed by atoms with Crippen LogP contribution in [0, 0.1) is 0 Å². The van der Waals surface area contributed by atoms with E-state index in [0.717, 1.165) is 0 Å². The molecule has 0 fully saturated rings. The number of aliphatic hydroxyl groups excluding tert-OH is 2. The summed E-state index contributed by atoms with van der Waals surface area (Å²) in [5.41, 5.74) is 0. The Bertz CT molecular complexity index is 52.9. The molecule has 0 aromatic rings. The van der Waals surface area contributed by atoms with Crippen LogP contribution in [0.3, 0.4) is 0 Å². The number of rotatable bonds is 3. The third-order valence-electron chi connectivity index (χ3n) is 0.369. The number of carbonyl (C=O) groups is 1. The summed E-state index contributed by atoms with van der Waals surface area (Å²) >= 11 is 0. The zero-order valence-electron chi connectivity index (χ0n) is 3.57. The Kier molecular flexibility index (Phi) is 3.26. The number of hydrogen-bond donors (Lipinski definition) is 2. The van der Waals surface area contributed by atoms with E-state index in [0.29, 0.717) is 0 Å². The fourth-order valence-corrected chi connectivity index (χ4v) is 0.107. The van der Waals surface area contributed by atoms with Crippen LogP contribution >= 0.6 is 0 Å². The van der Waals surface area contributed by atoms with E-state index in [4.69, 9.17) is 10.2 Å². The van der Waals surface area contributed by atoms with Gasteiger partial charge in [-0.25, -0.2) is 0 Å². The van der Waals surface area contributed by atoms with Gasteiger partial charge < -0.3 is 14.9 Å². The van der Waals surface area contributed by atoms with Gasteiger partial charge in [-0.3, -0.25) is 4.79 Å². The van der Waals surface area contributed by atoms with E-state index in [1.165, 1.54) is 0 Å². The largest absolute Gasteiger partial charge is 0.436 e. The number of carbonyl (C=O) groups excluding carboxylic acids is 1. The molecule has 0 amide bonds. The molecule has 0 aliphatic carbocycles. The second-order valence-electron chi connectivity index (χ2n) is 0.870. The molecule has 0 spiro atoms. The Morgan fingerprint density at radius 2 is 2.43 bits per heavy atom. The second-order valence-corrected chi connectivity index (χ2v) is 0.870. The molecule has 0 aliphatic heterocycles. The first-order valence-corrected chi connectivity index (χ1v) is 1.69. The molecule has 0 aliphatic rings. The van der Waals surface area contributed by atoms with Crippen LogP contribution in [0.5, 0.6) is 0 Å². The Balaban J connectivity index is 2.98. The van der Waals surface area contributed by atoms with Gasteiger partial charge in [0.1, 0.15) is 6.61 Å². The fraction of sp³-hybridized carbons (Fsp3) is 0.667. The SMILES string of the molecule is O=COC(O)CO. The lowest BCUT2D eigenvalue weighted by Crippen LogP contribution is -2.14. The van der Waals surface area contributed by atoms with Gasteiger partial charge in [0.2, 0.25) is 6.29 Å². The zero-order valence-corrected chi connectivity index (χ0v) is 3.57. The number of aliphatic hydroxyl groups is 2. The van der Waals surface area contributed by atoms with Crippen molar-refractivity contribution in [1.82, 2.24) is 0 Å². The van der Waals surface area contributed by atoms with Crippen molar-refractivity contribution in [3.05, 3.63) is 0 Å². The van der Waals surface area contributed by atoms with Crippen molar-refractivity contribution < 1.29 is 19.7 Å². The molecular weight excluding hydrogens is 100 g/mol. The first kappa shape index (κ1) is 6.39. The van der Waals surface area contributed by atoms with Gasteiger partial charge in [0.05, 0.1) is 0 Å². The average Bonchev–Trinajstić information content (AvgIpc) is 1.68. The van der Waals surface area contributed by atoms with Crippen molar-refractivity contribution in [3.63, 3.8) is 0 Å². The van der Waals surface area contributed by atoms with Crippen LogP contribution in [-0.4, -0.2) is 29.6 Å². The minimum Gasteiger partial charge on any atom is -0.436 e. The molecule has 4 nitrogen and oxygen atoms in total. The monoisotopic (exact) mass is 106 g/mol. The molecule has 1 unspecified atom stereocenters. The minimum atomic E-state index is -1.36. The molecule has 42 valence electrons. The summed E-state index contributed by atoms with van der Waals surface area (Å²) in [6.45, 7) is -0.486. The topological polar surface area (TPSA) is 66.8 Å². The maximum Gasteiger partial charge on any atom is 0.295 e. The van der Waals surface area contributed by atoms with E-state index in [2.05, 4.69) is 4.74 Å². The molecule has 4 heteroatoms. The Morgan fingerprint density at radius 3 is 2.57 bits per heavy atom. The summed E-state index contributed by atoms with van der Waals surface area (Å²) in [6, 6.07) is 0. The predicted molar refractivity (Wildman–Crippen MR) is 20.2 cm³/mol. The Labute approximate surface area is 40.3 Å². The maximum atomic E-state index is 9.28. The highest BCUT2D eigenvalue weighted by atomic mass is 16.6. The highest BCUT2D eigenvalue weighted by molar-refractivity contribution is 5.37. The summed E-state index contributed by atoms with van der Waals surface area (Å²) in [5.74, 6) is 0. The van der Waals surface area contributed by atoms with Crippen LogP contribution in [0.4, 0.5) is 0 Å². The van der Waals surface area contributed by atoms with E-state index in [9.17, 15) is 4.79 Å². The fourth-order valence-electron chi connectivity index (χ4n) is 0.107. The lowest BCUT2D eigenvalue weighted by atomic mass is 10.7. The second kappa shape index (κ2) is 3.58. The summed E-state index contributed by atoms with van der Waals surface area (Å²) in [5, 5.41) is 16.1. The molecule has 0 saturated carbocycles. The lowest BCUT2D eigenvalue weighted by Gasteiger charge is -2.00. The van der Waals surface area contributed by atoms with E-state index in [1.54, 1.807) is 0 Å². The summed E-state index contributed by atoms with van der Waals surface area (Å²) in [7, 11) is 0. The molecular formula is C3H6O4. The van der Waals surface area contributed by atoms with Crippen molar-refractivity contribution >= 4 is 6.47 Å². The highest BCUT2D eigenvalue weighted by Gasteiger charge is 1.96. The van der Waals surface area contributed by atoms with Crippen LogP contribution in [0.15, 0.2) is 0 Å².